The Bertz CT molecular complexity index is 737. The second kappa shape index (κ2) is 6.52. The summed E-state index contributed by atoms with van der Waals surface area (Å²) >= 11 is 0. The lowest BCUT2D eigenvalue weighted by Crippen LogP contribution is -2.02. The lowest BCUT2D eigenvalue weighted by atomic mass is 9.97. The predicted molar refractivity (Wildman–Crippen MR) is 85.4 cm³/mol. The maximum absolute atomic E-state index is 5.50. The van der Waals surface area contributed by atoms with Crippen LogP contribution in [0.4, 0.5) is 0 Å². The van der Waals surface area contributed by atoms with Crippen molar-refractivity contribution < 1.29 is 4.52 Å². The van der Waals surface area contributed by atoms with Crippen molar-refractivity contribution in [2.24, 2.45) is 0 Å². The Morgan fingerprint density at radius 2 is 1.95 bits per heavy atom. The van der Waals surface area contributed by atoms with Crippen molar-refractivity contribution in [1.82, 2.24) is 15.1 Å². The van der Waals surface area contributed by atoms with E-state index in [0.29, 0.717) is 11.7 Å². The summed E-state index contributed by atoms with van der Waals surface area (Å²) in [6.45, 7) is 4.10. The minimum Gasteiger partial charge on any atom is -0.339 e. The minimum absolute atomic E-state index is 0.242. The largest absolute Gasteiger partial charge is 0.339 e. The summed E-state index contributed by atoms with van der Waals surface area (Å²) in [6, 6.07) is 14.3. The van der Waals surface area contributed by atoms with Crippen LogP contribution in [0.3, 0.4) is 0 Å². The Morgan fingerprint density at radius 3 is 2.68 bits per heavy atom. The molecule has 0 spiro atoms. The SMILES string of the molecule is CCC(Cc1ccccc1)c1nc(-c2ccnc(C)c2)no1. The summed E-state index contributed by atoms with van der Waals surface area (Å²) < 4.78 is 5.50. The van der Waals surface area contributed by atoms with E-state index in [0.717, 1.165) is 24.1 Å². The Balaban J connectivity index is 1.82. The van der Waals surface area contributed by atoms with Gasteiger partial charge in [0.15, 0.2) is 0 Å². The number of rotatable bonds is 5. The number of pyridine rings is 1. The van der Waals surface area contributed by atoms with Crippen LogP contribution < -0.4 is 0 Å². The van der Waals surface area contributed by atoms with E-state index in [1.165, 1.54) is 5.56 Å². The summed E-state index contributed by atoms with van der Waals surface area (Å²) in [5.41, 5.74) is 3.17. The molecule has 4 heteroatoms. The van der Waals surface area contributed by atoms with E-state index in [1.54, 1.807) is 6.20 Å². The molecule has 0 N–H and O–H groups in total. The molecule has 0 fully saturated rings. The van der Waals surface area contributed by atoms with Crippen molar-refractivity contribution in [3.8, 4) is 11.4 Å². The van der Waals surface area contributed by atoms with Gasteiger partial charge in [-0.05, 0) is 37.5 Å². The molecule has 3 rings (SSSR count). The fourth-order valence-corrected chi connectivity index (χ4v) is 2.51. The third-order valence-corrected chi connectivity index (χ3v) is 3.76. The van der Waals surface area contributed by atoms with Crippen molar-refractivity contribution >= 4 is 0 Å². The Labute approximate surface area is 130 Å². The smallest absolute Gasteiger partial charge is 0.230 e. The molecule has 0 aliphatic heterocycles. The monoisotopic (exact) mass is 293 g/mol. The van der Waals surface area contributed by atoms with E-state index in [4.69, 9.17) is 4.52 Å². The summed E-state index contributed by atoms with van der Waals surface area (Å²) in [6.07, 6.45) is 3.64. The number of nitrogens with zero attached hydrogens (tertiary/aromatic N) is 3. The molecule has 0 aliphatic rings. The predicted octanol–water partition coefficient (Wildman–Crippen LogP) is 4.18. The first-order valence-corrected chi connectivity index (χ1v) is 7.57. The van der Waals surface area contributed by atoms with E-state index in [-0.39, 0.29) is 5.92 Å². The van der Waals surface area contributed by atoms with Crippen LogP contribution in [-0.2, 0) is 6.42 Å². The molecule has 112 valence electrons. The van der Waals surface area contributed by atoms with Crippen LogP contribution in [0, 0.1) is 6.92 Å². The number of benzene rings is 1. The summed E-state index contributed by atoms with van der Waals surface area (Å²) in [5, 5.41) is 4.12. The number of hydrogen-bond donors (Lipinski definition) is 0. The van der Waals surface area contributed by atoms with Crippen molar-refractivity contribution in [3.05, 3.63) is 65.8 Å². The van der Waals surface area contributed by atoms with Crippen molar-refractivity contribution in [3.63, 3.8) is 0 Å². The quantitative estimate of drug-likeness (QED) is 0.708. The molecule has 0 bridgehead atoms. The zero-order chi connectivity index (χ0) is 15.4. The molecule has 1 aromatic carbocycles. The average Bonchev–Trinajstić information content (AvgIpc) is 3.03. The van der Waals surface area contributed by atoms with Gasteiger partial charge < -0.3 is 4.52 Å². The molecular weight excluding hydrogens is 274 g/mol. The zero-order valence-electron chi connectivity index (χ0n) is 12.9. The molecule has 0 saturated heterocycles. The molecule has 2 heterocycles. The second-order valence-electron chi connectivity index (χ2n) is 5.44. The third kappa shape index (κ3) is 3.22. The van der Waals surface area contributed by atoms with Gasteiger partial charge in [0.2, 0.25) is 11.7 Å². The van der Waals surface area contributed by atoms with E-state index >= 15 is 0 Å². The van der Waals surface area contributed by atoms with E-state index in [2.05, 4.69) is 46.3 Å². The first-order valence-electron chi connectivity index (χ1n) is 7.57. The number of hydrogen-bond acceptors (Lipinski definition) is 4. The van der Waals surface area contributed by atoms with Gasteiger partial charge in [-0.2, -0.15) is 4.98 Å². The van der Waals surface area contributed by atoms with Gasteiger partial charge >= 0.3 is 0 Å². The van der Waals surface area contributed by atoms with E-state index < -0.39 is 0 Å². The van der Waals surface area contributed by atoms with Gasteiger partial charge in [-0.1, -0.05) is 42.4 Å². The molecule has 1 atom stereocenters. The minimum atomic E-state index is 0.242. The molecule has 0 aliphatic carbocycles. The van der Waals surface area contributed by atoms with Crippen LogP contribution in [0.2, 0.25) is 0 Å². The van der Waals surface area contributed by atoms with Gasteiger partial charge in [0.25, 0.3) is 0 Å². The molecule has 0 radical (unpaired) electrons. The van der Waals surface area contributed by atoms with Crippen LogP contribution in [0.25, 0.3) is 11.4 Å². The maximum Gasteiger partial charge on any atom is 0.230 e. The molecule has 3 aromatic rings. The maximum atomic E-state index is 5.50. The third-order valence-electron chi connectivity index (χ3n) is 3.76. The Hall–Kier alpha value is -2.49. The summed E-state index contributed by atoms with van der Waals surface area (Å²) in [7, 11) is 0. The fraction of sp³-hybridized carbons (Fsp3) is 0.278. The zero-order valence-corrected chi connectivity index (χ0v) is 12.9. The van der Waals surface area contributed by atoms with E-state index in [1.807, 2.05) is 25.1 Å². The van der Waals surface area contributed by atoms with Crippen LogP contribution >= 0.6 is 0 Å². The molecule has 0 saturated carbocycles. The standard InChI is InChI=1S/C18H19N3O/c1-3-15(12-14-7-5-4-6-8-14)18-20-17(21-22-18)16-9-10-19-13(2)11-16/h4-11,15H,3,12H2,1-2H3. The molecule has 22 heavy (non-hydrogen) atoms. The molecule has 1 unspecified atom stereocenters. The molecule has 2 aromatic heterocycles. The van der Waals surface area contributed by atoms with Crippen LogP contribution in [0.1, 0.15) is 36.4 Å². The van der Waals surface area contributed by atoms with Gasteiger partial charge in [-0.15, -0.1) is 0 Å². The fourth-order valence-electron chi connectivity index (χ4n) is 2.51. The van der Waals surface area contributed by atoms with Gasteiger partial charge in [-0.3, -0.25) is 4.98 Å². The van der Waals surface area contributed by atoms with Gasteiger partial charge in [0, 0.05) is 23.4 Å². The van der Waals surface area contributed by atoms with Crippen LogP contribution in [0.5, 0.6) is 0 Å². The van der Waals surface area contributed by atoms with Gasteiger partial charge in [0.05, 0.1) is 0 Å². The van der Waals surface area contributed by atoms with Crippen molar-refractivity contribution in [1.29, 1.82) is 0 Å². The molecule has 0 amide bonds. The number of aryl methyl sites for hydroxylation is 1. The summed E-state index contributed by atoms with van der Waals surface area (Å²) in [4.78, 5) is 8.78. The van der Waals surface area contributed by atoms with E-state index in [9.17, 15) is 0 Å². The van der Waals surface area contributed by atoms with Crippen LogP contribution in [-0.4, -0.2) is 15.1 Å². The highest BCUT2D eigenvalue weighted by Crippen LogP contribution is 2.25. The Morgan fingerprint density at radius 1 is 1.14 bits per heavy atom. The van der Waals surface area contributed by atoms with Crippen molar-refractivity contribution in [2.45, 2.75) is 32.6 Å². The highest BCUT2D eigenvalue weighted by Gasteiger charge is 2.18. The lowest BCUT2D eigenvalue weighted by Gasteiger charge is -2.09. The van der Waals surface area contributed by atoms with Crippen LogP contribution in [0.15, 0.2) is 53.2 Å². The second-order valence-corrected chi connectivity index (χ2v) is 5.44. The molecular formula is C18H19N3O. The number of aromatic nitrogens is 3. The highest BCUT2D eigenvalue weighted by atomic mass is 16.5. The lowest BCUT2D eigenvalue weighted by molar-refractivity contribution is 0.348. The topological polar surface area (TPSA) is 51.8 Å². The highest BCUT2D eigenvalue weighted by molar-refractivity contribution is 5.53. The Kier molecular flexibility index (Phi) is 4.28. The average molecular weight is 293 g/mol. The first kappa shape index (κ1) is 14.4. The first-order chi connectivity index (χ1) is 10.8. The summed E-state index contributed by atoms with van der Waals surface area (Å²) in [5.74, 6) is 1.58. The van der Waals surface area contributed by atoms with Crippen molar-refractivity contribution in [2.75, 3.05) is 0 Å². The van der Waals surface area contributed by atoms with Gasteiger partial charge in [-0.25, -0.2) is 0 Å². The normalized spacial score (nSPS) is 12.3. The molecule has 4 nitrogen and oxygen atoms in total. The van der Waals surface area contributed by atoms with Gasteiger partial charge in [0.1, 0.15) is 0 Å².